The molecule has 0 heterocycles. The first-order valence-corrected chi connectivity index (χ1v) is 14.2. The zero-order chi connectivity index (χ0) is 26.5. The van der Waals surface area contributed by atoms with Gasteiger partial charge in [0.2, 0.25) is 0 Å². The third-order valence-corrected chi connectivity index (χ3v) is 6.96. The molecule has 0 aromatic carbocycles. The van der Waals surface area contributed by atoms with Crippen molar-refractivity contribution in [3.05, 3.63) is 12.2 Å². The number of allylic oxidation sites excluding steroid dienone is 2. The van der Waals surface area contributed by atoms with E-state index in [1.54, 1.807) is 0 Å². The molecule has 0 aliphatic carbocycles. The van der Waals surface area contributed by atoms with Gasteiger partial charge in [-0.05, 0) is 97.8 Å². The van der Waals surface area contributed by atoms with Gasteiger partial charge in [-0.2, -0.15) is 0 Å². The second kappa shape index (κ2) is 21.8. The van der Waals surface area contributed by atoms with Crippen LogP contribution in [0.3, 0.4) is 0 Å². The third-order valence-electron chi connectivity index (χ3n) is 6.96. The fourth-order valence-corrected chi connectivity index (χ4v) is 4.05. The van der Waals surface area contributed by atoms with E-state index in [1.807, 2.05) is 6.92 Å². The van der Waals surface area contributed by atoms with E-state index in [4.69, 9.17) is 14.9 Å². The highest BCUT2D eigenvalue weighted by Gasteiger charge is 2.33. The molecule has 3 atom stereocenters. The summed E-state index contributed by atoms with van der Waals surface area (Å²) in [5.41, 5.74) is -0.260. The van der Waals surface area contributed by atoms with E-state index in [0.717, 1.165) is 51.4 Å². The monoisotopic (exact) mass is 486 g/mol. The minimum Gasteiger partial charge on any atom is -0.396 e. The van der Waals surface area contributed by atoms with E-state index in [1.165, 1.54) is 32.1 Å². The summed E-state index contributed by atoms with van der Waals surface area (Å²) >= 11 is 0. The van der Waals surface area contributed by atoms with Crippen molar-refractivity contribution >= 4 is 0 Å². The standard InChI is InChI=1S/C21H44O3.C9H18O/c1-17(19(3)23)13-12-15-20(4,5)24-21(6,7)18(2)14-10-8-9-11-16-22;1-2-3-4-5-6-7-8-9-10/h17-19,22-23H,8-16H2,1-7H3;3-4,10H,2,5-9H2,1H3/b;4-3-. The molecule has 4 heteroatoms. The van der Waals surface area contributed by atoms with E-state index in [-0.39, 0.29) is 17.3 Å². The Morgan fingerprint density at radius 1 is 0.735 bits per heavy atom. The second-order valence-corrected chi connectivity index (χ2v) is 11.4. The van der Waals surface area contributed by atoms with Crippen LogP contribution in [-0.2, 0) is 4.74 Å². The summed E-state index contributed by atoms with van der Waals surface area (Å²) in [4.78, 5) is 0. The van der Waals surface area contributed by atoms with E-state index < -0.39 is 0 Å². The van der Waals surface area contributed by atoms with Gasteiger partial charge in [-0.3, -0.25) is 0 Å². The SMILES string of the molecule is CC(O)C(C)CCCC(C)(C)OC(C)(C)C(C)CCCCCCO.CC/C=C\CCCCCO. The van der Waals surface area contributed by atoms with Gasteiger partial charge in [0.1, 0.15) is 0 Å². The lowest BCUT2D eigenvalue weighted by molar-refractivity contribution is -0.151. The van der Waals surface area contributed by atoms with Crippen molar-refractivity contribution in [2.24, 2.45) is 11.8 Å². The highest BCUT2D eigenvalue weighted by atomic mass is 16.5. The van der Waals surface area contributed by atoms with Crippen LogP contribution in [-0.4, -0.2) is 45.8 Å². The molecule has 0 aliphatic rings. The molecule has 0 aromatic heterocycles. The van der Waals surface area contributed by atoms with Gasteiger partial charge in [-0.25, -0.2) is 0 Å². The van der Waals surface area contributed by atoms with E-state index in [0.29, 0.717) is 25.0 Å². The summed E-state index contributed by atoms with van der Waals surface area (Å²) < 4.78 is 6.51. The fraction of sp³-hybridized carbons (Fsp3) is 0.933. The molecular weight excluding hydrogens is 424 g/mol. The molecule has 0 saturated heterocycles. The van der Waals surface area contributed by atoms with E-state index in [9.17, 15) is 5.11 Å². The minimum atomic E-state index is -0.226. The van der Waals surface area contributed by atoms with Crippen molar-refractivity contribution < 1.29 is 20.1 Å². The molecule has 0 aliphatic heterocycles. The summed E-state index contributed by atoms with van der Waals surface area (Å²) in [5, 5.41) is 26.9. The van der Waals surface area contributed by atoms with Crippen molar-refractivity contribution in [3.63, 3.8) is 0 Å². The topological polar surface area (TPSA) is 69.9 Å². The normalized spacial score (nSPS) is 15.1. The molecule has 3 N–H and O–H groups in total. The van der Waals surface area contributed by atoms with Crippen LogP contribution in [0, 0.1) is 11.8 Å². The molecule has 0 rings (SSSR count). The Bertz CT molecular complexity index is 457. The van der Waals surface area contributed by atoms with Crippen molar-refractivity contribution in [1.82, 2.24) is 0 Å². The number of ether oxygens (including phenoxy) is 1. The molecule has 0 radical (unpaired) electrons. The summed E-state index contributed by atoms with van der Waals surface area (Å²) in [7, 11) is 0. The highest BCUT2D eigenvalue weighted by Crippen LogP contribution is 2.33. The second-order valence-electron chi connectivity index (χ2n) is 11.4. The number of hydrogen-bond donors (Lipinski definition) is 3. The molecule has 206 valence electrons. The van der Waals surface area contributed by atoms with Crippen molar-refractivity contribution in [1.29, 1.82) is 0 Å². The minimum absolute atomic E-state index is 0.129. The lowest BCUT2D eigenvalue weighted by Gasteiger charge is -2.40. The molecule has 0 aromatic rings. The molecule has 0 spiro atoms. The lowest BCUT2D eigenvalue weighted by Crippen LogP contribution is -2.41. The third kappa shape index (κ3) is 22.1. The van der Waals surface area contributed by atoms with Gasteiger partial charge in [0, 0.05) is 13.2 Å². The quantitative estimate of drug-likeness (QED) is 0.121. The molecule has 0 fully saturated rings. The van der Waals surface area contributed by atoms with E-state index in [2.05, 4.69) is 60.6 Å². The molecule has 3 unspecified atom stereocenters. The Morgan fingerprint density at radius 2 is 1.29 bits per heavy atom. The summed E-state index contributed by atoms with van der Waals surface area (Å²) in [6.07, 6.45) is 18.6. The van der Waals surface area contributed by atoms with Crippen molar-refractivity contribution in [3.8, 4) is 0 Å². The van der Waals surface area contributed by atoms with Gasteiger partial charge in [0.15, 0.2) is 0 Å². The maximum absolute atomic E-state index is 9.60. The average Bonchev–Trinajstić information content (AvgIpc) is 2.75. The zero-order valence-electron chi connectivity index (χ0n) is 24.2. The molecular formula is C30H62O4. The summed E-state index contributed by atoms with van der Waals surface area (Å²) in [6, 6.07) is 0. The first-order chi connectivity index (χ1) is 15.9. The largest absolute Gasteiger partial charge is 0.396 e. The number of aliphatic hydroxyl groups excluding tert-OH is 3. The number of aliphatic hydroxyl groups is 3. The number of unbranched alkanes of at least 4 members (excludes halogenated alkanes) is 6. The van der Waals surface area contributed by atoms with Crippen LogP contribution in [0.4, 0.5) is 0 Å². The first kappa shape index (κ1) is 35.7. The Hall–Kier alpha value is -0.420. The van der Waals surface area contributed by atoms with Crippen LogP contribution in [0.5, 0.6) is 0 Å². The van der Waals surface area contributed by atoms with Crippen LogP contribution < -0.4 is 0 Å². The Kier molecular flexibility index (Phi) is 22.9. The predicted molar refractivity (Wildman–Crippen MR) is 148 cm³/mol. The van der Waals surface area contributed by atoms with Crippen LogP contribution in [0.1, 0.15) is 139 Å². The molecule has 0 bridgehead atoms. The van der Waals surface area contributed by atoms with Crippen molar-refractivity contribution in [2.45, 2.75) is 156 Å². The fourth-order valence-electron chi connectivity index (χ4n) is 4.05. The lowest BCUT2D eigenvalue weighted by atomic mass is 9.86. The first-order valence-electron chi connectivity index (χ1n) is 14.2. The maximum Gasteiger partial charge on any atom is 0.0659 e. The van der Waals surface area contributed by atoms with Gasteiger partial charge in [-0.15, -0.1) is 0 Å². The predicted octanol–water partition coefficient (Wildman–Crippen LogP) is 7.83. The molecule has 34 heavy (non-hydrogen) atoms. The number of hydrogen-bond acceptors (Lipinski definition) is 4. The van der Waals surface area contributed by atoms with Crippen LogP contribution >= 0.6 is 0 Å². The Morgan fingerprint density at radius 3 is 1.82 bits per heavy atom. The Labute approximate surface area is 213 Å². The zero-order valence-corrected chi connectivity index (χ0v) is 24.2. The van der Waals surface area contributed by atoms with Crippen LogP contribution in [0.15, 0.2) is 12.2 Å². The average molecular weight is 487 g/mol. The molecule has 0 saturated carbocycles. The molecule has 0 amide bonds. The van der Waals surface area contributed by atoms with Gasteiger partial charge >= 0.3 is 0 Å². The number of rotatable bonds is 20. The highest BCUT2D eigenvalue weighted by molar-refractivity contribution is 4.82. The van der Waals surface area contributed by atoms with Gasteiger partial charge in [0.25, 0.3) is 0 Å². The Balaban J connectivity index is 0. The summed E-state index contributed by atoms with van der Waals surface area (Å²) in [6.45, 7) is 17.9. The van der Waals surface area contributed by atoms with Crippen molar-refractivity contribution in [2.75, 3.05) is 13.2 Å². The van der Waals surface area contributed by atoms with Crippen LogP contribution in [0.2, 0.25) is 0 Å². The van der Waals surface area contributed by atoms with Gasteiger partial charge in [-0.1, -0.05) is 65.0 Å². The van der Waals surface area contributed by atoms with Gasteiger partial charge < -0.3 is 20.1 Å². The maximum atomic E-state index is 9.60. The van der Waals surface area contributed by atoms with Crippen LogP contribution in [0.25, 0.3) is 0 Å². The summed E-state index contributed by atoms with van der Waals surface area (Å²) in [5.74, 6) is 0.869. The van der Waals surface area contributed by atoms with Gasteiger partial charge in [0.05, 0.1) is 17.3 Å². The smallest absolute Gasteiger partial charge is 0.0659 e. The van der Waals surface area contributed by atoms with E-state index >= 15 is 0 Å². The molecule has 4 nitrogen and oxygen atoms in total.